The molecule has 112 valence electrons. The third kappa shape index (κ3) is 4.22. The zero-order chi connectivity index (χ0) is 15.5. The number of para-hydroxylation sites is 2. The van der Waals surface area contributed by atoms with E-state index in [0.29, 0.717) is 0 Å². The minimum Gasteiger partial charge on any atom is -0.454 e. The summed E-state index contributed by atoms with van der Waals surface area (Å²) in [6, 6.07) is 16.0. The normalized spacial score (nSPS) is 11.5. The molecule has 0 N–H and O–H groups in total. The number of benzene rings is 2. The highest BCUT2D eigenvalue weighted by Gasteiger charge is 2.29. The van der Waals surface area contributed by atoms with E-state index in [9.17, 15) is 0 Å². The Morgan fingerprint density at radius 3 is 1.52 bits per heavy atom. The second-order valence-electron chi connectivity index (χ2n) is 5.92. The lowest BCUT2D eigenvalue weighted by atomic mass is 10.1. The first-order valence-electron chi connectivity index (χ1n) is 7.11. The lowest BCUT2D eigenvalue weighted by Gasteiger charge is -2.32. The Morgan fingerprint density at radius 1 is 0.810 bits per heavy atom. The van der Waals surface area contributed by atoms with Crippen molar-refractivity contribution < 1.29 is 9.47 Å². The molecule has 2 nitrogen and oxygen atoms in total. The van der Waals surface area contributed by atoms with Crippen LogP contribution in [-0.4, -0.2) is 11.4 Å². The molecule has 0 aromatic heterocycles. The summed E-state index contributed by atoms with van der Waals surface area (Å²) in [5.41, 5.74) is 2.20. The van der Waals surface area contributed by atoms with Crippen LogP contribution < -0.4 is 9.47 Å². The third-order valence-electron chi connectivity index (χ3n) is 3.26. The highest BCUT2D eigenvalue weighted by atomic mass is 31.0. The molecule has 0 saturated carbocycles. The highest BCUT2D eigenvalue weighted by molar-refractivity contribution is 7.18. The van der Waals surface area contributed by atoms with Gasteiger partial charge >= 0.3 is 0 Å². The highest BCUT2D eigenvalue weighted by Crippen LogP contribution is 2.30. The topological polar surface area (TPSA) is 18.5 Å². The van der Waals surface area contributed by atoms with Gasteiger partial charge in [-0.05, 0) is 51.0 Å². The molecular weight excluding hydrogens is 279 g/mol. The van der Waals surface area contributed by atoms with E-state index < -0.39 is 0 Å². The standard InChI is InChI=1S/C18H23O2P/c1-13-9-5-7-11-15(13)19-17(18(3,4)21)20-16-12-8-6-10-14(16)2/h5-12,17H,21H2,1-4H3. The van der Waals surface area contributed by atoms with Crippen LogP contribution in [-0.2, 0) is 0 Å². The number of hydrogen-bond donors (Lipinski definition) is 0. The van der Waals surface area contributed by atoms with Crippen LogP contribution in [0.2, 0.25) is 0 Å². The molecule has 0 heterocycles. The van der Waals surface area contributed by atoms with Gasteiger partial charge in [-0.1, -0.05) is 36.4 Å². The van der Waals surface area contributed by atoms with Crippen molar-refractivity contribution in [2.75, 3.05) is 0 Å². The maximum Gasteiger partial charge on any atom is 0.249 e. The van der Waals surface area contributed by atoms with Crippen LogP contribution in [0.5, 0.6) is 11.5 Å². The van der Waals surface area contributed by atoms with E-state index in [4.69, 9.17) is 9.47 Å². The number of ether oxygens (including phenoxy) is 2. The van der Waals surface area contributed by atoms with Gasteiger partial charge in [0.1, 0.15) is 11.5 Å². The van der Waals surface area contributed by atoms with Crippen LogP contribution in [0.15, 0.2) is 48.5 Å². The van der Waals surface area contributed by atoms with Crippen molar-refractivity contribution in [2.45, 2.75) is 39.1 Å². The predicted molar refractivity (Wildman–Crippen MR) is 91.2 cm³/mol. The average Bonchev–Trinajstić information content (AvgIpc) is 2.41. The molecule has 0 fully saturated rings. The summed E-state index contributed by atoms with van der Waals surface area (Å²) in [4.78, 5) is 0. The van der Waals surface area contributed by atoms with Gasteiger partial charge in [0.2, 0.25) is 6.29 Å². The predicted octanol–water partition coefficient (Wildman–Crippen LogP) is 4.74. The Kier molecular flexibility index (Phi) is 4.90. The molecule has 2 aromatic rings. The molecule has 2 rings (SSSR count). The minimum atomic E-state index is -0.385. The average molecular weight is 302 g/mol. The van der Waals surface area contributed by atoms with Crippen LogP contribution in [0.4, 0.5) is 0 Å². The maximum atomic E-state index is 6.13. The summed E-state index contributed by atoms with van der Waals surface area (Å²) in [7, 11) is 2.80. The molecule has 3 heteroatoms. The summed E-state index contributed by atoms with van der Waals surface area (Å²) in [6.45, 7) is 8.24. The van der Waals surface area contributed by atoms with Crippen LogP contribution in [0, 0.1) is 13.8 Å². The molecule has 0 saturated heterocycles. The lowest BCUT2D eigenvalue weighted by molar-refractivity contribution is -0.0181. The van der Waals surface area contributed by atoms with Crippen molar-refractivity contribution in [2.24, 2.45) is 0 Å². The summed E-state index contributed by atoms with van der Waals surface area (Å²) in [5, 5.41) is -0.218. The van der Waals surface area contributed by atoms with Gasteiger partial charge in [-0.3, -0.25) is 0 Å². The van der Waals surface area contributed by atoms with Crippen LogP contribution in [0.1, 0.15) is 25.0 Å². The van der Waals surface area contributed by atoms with E-state index in [2.05, 4.69) is 23.1 Å². The molecule has 0 spiro atoms. The molecular formula is C18H23O2P. The lowest BCUT2D eigenvalue weighted by Crippen LogP contribution is -2.40. The van der Waals surface area contributed by atoms with E-state index in [1.54, 1.807) is 0 Å². The molecule has 0 aliphatic heterocycles. The van der Waals surface area contributed by atoms with Gasteiger partial charge in [0.25, 0.3) is 0 Å². The Labute approximate surface area is 129 Å². The van der Waals surface area contributed by atoms with E-state index in [1.807, 2.05) is 62.4 Å². The second kappa shape index (κ2) is 6.49. The zero-order valence-corrected chi connectivity index (χ0v) is 14.2. The molecule has 0 aliphatic carbocycles. The van der Waals surface area contributed by atoms with Gasteiger partial charge in [-0.15, -0.1) is 9.24 Å². The van der Waals surface area contributed by atoms with E-state index in [0.717, 1.165) is 22.6 Å². The van der Waals surface area contributed by atoms with Crippen LogP contribution in [0.3, 0.4) is 0 Å². The van der Waals surface area contributed by atoms with Crippen molar-refractivity contribution in [3.05, 3.63) is 59.7 Å². The largest absolute Gasteiger partial charge is 0.454 e. The smallest absolute Gasteiger partial charge is 0.249 e. The van der Waals surface area contributed by atoms with Crippen molar-refractivity contribution in [1.82, 2.24) is 0 Å². The first kappa shape index (κ1) is 15.9. The summed E-state index contributed by atoms with van der Waals surface area (Å²) < 4.78 is 12.3. The minimum absolute atomic E-state index is 0.218. The van der Waals surface area contributed by atoms with Crippen molar-refractivity contribution in [1.29, 1.82) is 0 Å². The maximum absolute atomic E-state index is 6.13. The van der Waals surface area contributed by atoms with Crippen molar-refractivity contribution >= 4 is 9.24 Å². The fraction of sp³-hybridized carbons (Fsp3) is 0.333. The SMILES string of the molecule is Cc1ccccc1OC(Oc1ccccc1C)C(C)(C)P. The molecule has 0 aliphatic rings. The summed E-state index contributed by atoms with van der Waals surface area (Å²) >= 11 is 0. The van der Waals surface area contributed by atoms with Gasteiger partial charge < -0.3 is 9.47 Å². The van der Waals surface area contributed by atoms with Gasteiger partial charge in [0.15, 0.2) is 0 Å². The quantitative estimate of drug-likeness (QED) is 0.586. The van der Waals surface area contributed by atoms with Gasteiger partial charge in [0, 0.05) is 0 Å². The van der Waals surface area contributed by atoms with E-state index in [1.165, 1.54) is 0 Å². The van der Waals surface area contributed by atoms with Gasteiger partial charge in [-0.25, -0.2) is 0 Å². The zero-order valence-electron chi connectivity index (χ0n) is 13.1. The first-order chi connectivity index (χ1) is 9.88. The molecule has 1 unspecified atom stereocenters. The Hall–Kier alpha value is -1.53. The Balaban J connectivity index is 2.24. The molecule has 1 atom stereocenters. The molecule has 21 heavy (non-hydrogen) atoms. The Bertz CT molecular complexity index is 555. The summed E-state index contributed by atoms with van der Waals surface area (Å²) in [6.07, 6.45) is -0.385. The molecule has 0 amide bonds. The number of hydrogen-bond acceptors (Lipinski definition) is 2. The molecule has 2 aromatic carbocycles. The second-order valence-corrected chi connectivity index (χ2v) is 7.41. The monoisotopic (exact) mass is 302 g/mol. The van der Waals surface area contributed by atoms with Crippen molar-refractivity contribution in [3.63, 3.8) is 0 Å². The van der Waals surface area contributed by atoms with Crippen LogP contribution >= 0.6 is 9.24 Å². The fourth-order valence-electron chi connectivity index (χ4n) is 1.94. The Morgan fingerprint density at radius 2 is 1.19 bits per heavy atom. The molecule has 0 radical (unpaired) electrons. The number of aryl methyl sites for hydroxylation is 2. The number of rotatable bonds is 5. The molecule has 0 bridgehead atoms. The first-order valence-corrected chi connectivity index (χ1v) is 7.69. The third-order valence-corrected chi connectivity index (χ3v) is 3.53. The van der Waals surface area contributed by atoms with E-state index >= 15 is 0 Å². The van der Waals surface area contributed by atoms with E-state index in [-0.39, 0.29) is 11.4 Å². The van der Waals surface area contributed by atoms with Gasteiger partial charge in [-0.2, -0.15) is 0 Å². The summed E-state index contributed by atoms with van der Waals surface area (Å²) in [5.74, 6) is 1.71. The fourth-order valence-corrected chi connectivity index (χ4v) is 2.07. The van der Waals surface area contributed by atoms with Crippen LogP contribution in [0.25, 0.3) is 0 Å². The van der Waals surface area contributed by atoms with Crippen molar-refractivity contribution in [3.8, 4) is 11.5 Å². The van der Waals surface area contributed by atoms with Gasteiger partial charge in [0.05, 0.1) is 5.16 Å².